The second-order valence-electron chi connectivity index (χ2n) is 5.95. The number of thioether (sulfide) groups is 1. The molecule has 4 nitrogen and oxygen atoms in total. The molecule has 2 heterocycles. The van der Waals surface area contributed by atoms with E-state index in [0.717, 1.165) is 18.5 Å². The van der Waals surface area contributed by atoms with Crippen LogP contribution in [0.2, 0.25) is 10.0 Å². The SMILES string of the molecule is O=C(CSc1nc2c(Cl)cc(Cl)cc2[nH]1)N1CCc2ccccc2C1. The number of halogens is 2. The van der Waals surface area contributed by atoms with E-state index in [4.69, 9.17) is 23.2 Å². The molecular formula is C18H15Cl2N3OS. The molecule has 0 unspecified atom stereocenters. The normalized spacial score (nSPS) is 13.9. The number of imidazole rings is 1. The van der Waals surface area contributed by atoms with E-state index < -0.39 is 0 Å². The second-order valence-corrected chi connectivity index (χ2v) is 7.76. The number of nitrogens with zero attached hydrogens (tertiary/aromatic N) is 2. The van der Waals surface area contributed by atoms with Crippen LogP contribution in [0.25, 0.3) is 11.0 Å². The molecule has 1 aromatic heterocycles. The summed E-state index contributed by atoms with van der Waals surface area (Å²) < 4.78 is 0. The Morgan fingerprint density at radius 1 is 1.24 bits per heavy atom. The Bertz CT molecular complexity index is 957. The molecule has 0 spiro atoms. The summed E-state index contributed by atoms with van der Waals surface area (Å²) >= 11 is 13.5. The highest BCUT2D eigenvalue weighted by Gasteiger charge is 2.20. The molecule has 7 heteroatoms. The van der Waals surface area contributed by atoms with Crippen LogP contribution in [-0.2, 0) is 17.8 Å². The van der Waals surface area contributed by atoms with E-state index >= 15 is 0 Å². The van der Waals surface area contributed by atoms with Gasteiger partial charge in [0.25, 0.3) is 0 Å². The van der Waals surface area contributed by atoms with Crippen molar-refractivity contribution in [1.29, 1.82) is 0 Å². The Kier molecular flexibility index (Phi) is 4.63. The van der Waals surface area contributed by atoms with Gasteiger partial charge in [-0.15, -0.1) is 0 Å². The maximum Gasteiger partial charge on any atom is 0.233 e. The third-order valence-corrected chi connectivity index (χ3v) is 5.66. The fourth-order valence-electron chi connectivity index (χ4n) is 3.02. The van der Waals surface area contributed by atoms with E-state index in [1.54, 1.807) is 12.1 Å². The lowest BCUT2D eigenvalue weighted by atomic mass is 10.00. The Morgan fingerprint density at radius 2 is 2.04 bits per heavy atom. The maximum atomic E-state index is 12.5. The summed E-state index contributed by atoms with van der Waals surface area (Å²) in [5, 5.41) is 1.73. The summed E-state index contributed by atoms with van der Waals surface area (Å²) in [6.45, 7) is 1.44. The molecule has 1 amide bonds. The Morgan fingerprint density at radius 3 is 2.88 bits per heavy atom. The van der Waals surface area contributed by atoms with Crippen molar-refractivity contribution in [1.82, 2.24) is 14.9 Å². The van der Waals surface area contributed by atoms with Gasteiger partial charge in [-0.3, -0.25) is 4.79 Å². The summed E-state index contributed by atoms with van der Waals surface area (Å²) in [6.07, 6.45) is 0.908. The fraction of sp³-hybridized carbons (Fsp3) is 0.222. The molecule has 2 aromatic carbocycles. The van der Waals surface area contributed by atoms with Crippen molar-refractivity contribution in [2.75, 3.05) is 12.3 Å². The van der Waals surface area contributed by atoms with Gasteiger partial charge in [-0.25, -0.2) is 4.98 Å². The van der Waals surface area contributed by atoms with Crippen LogP contribution in [0.4, 0.5) is 0 Å². The summed E-state index contributed by atoms with van der Waals surface area (Å²) in [6, 6.07) is 11.7. The number of benzene rings is 2. The van der Waals surface area contributed by atoms with Crippen LogP contribution >= 0.6 is 35.0 Å². The Labute approximate surface area is 159 Å². The number of aromatic amines is 1. The minimum atomic E-state index is 0.115. The number of carbonyl (C=O) groups is 1. The Balaban J connectivity index is 1.43. The largest absolute Gasteiger partial charge is 0.337 e. The molecule has 1 N–H and O–H groups in total. The first-order valence-corrected chi connectivity index (χ1v) is 9.66. The number of fused-ring (bicyclic) bond motifs is 2. The van der Waals surface area contributed by atoms with E-state index in [2.05, 4.69) is 22.1 Å². The van der Waals surface area contributed by atoms with Crippen LogP contribution in [0.15, 0.2) is 41.6 Å². The quantitative estimate of drug-likeness (QED) is 0.666. The zero-order valence-electron chi connectivity index (χ0n) is 13.3. The van der Waals surface area contributed by atoms with E-state index in [1.807, 2.05) is 17.0 Å². The first-order valence-electron chi connectivity index (χ1n) is 7.92. The minimum Gasteiger partial charge on any atom is -0.337 e. The maximum absolute atomic E-state index is 12.5. The molecule has 1 aliphatic heterocycles. The van der Waals surface area contributed by atoms with Gasteiger partial charge in [0, 0.05) is 18.1 Å². The Hall–Kier alpha value is -1.69. The molecular weight excluding hydrogens is 377 g/mol. The van der Waals surface area contributed by atoms with Gasteiger partial charge >= 0.3 is 0 Å². The van der Waals surface area contributed by atoms with Crippen LogP contribution in [0, 0.1) is 0 Å². The van der Waals surface area contributed by atoms with Gasteiger partial charge < -0.3 is 9.88 Å². The van der Waals surface area contributed by atoms with Crippen LogP contribution in [-0.4, -0.2) is 33.1 Å². The highest BCUT2D eigenvalue weighted by atomic mass is 35.5. The van der Waals surface area contributed by atoms with Gasteiger partial charge in [0.05, 0.1) is 16.3 Å². The number of H-pyrrole nitrogens is 1. The van der Waals surface area contributed by atoms with Gasteiger partial charge in [0.15, 0.2) is 5.16 Å². The predicted molar refractivity (Wildman–Crippen MR) is 102 cm³/mol. The van der Waals surface area contributed by atoms with Crippen molar-refractivity contribution in [2.45, 2.75) is 18.1 Å². The van der Waals surface area contributed by atoms with Crippen LogP contribution in [0.3, 0.4) is 0 Å². The van der Waals surface area contributed by atoms with Gasteiger partial charge in [-0.2, -0.15) is 0 Å². The zero-order chi connectivity index (χ0) is 17.4. The monoisotopic (exact) mass is 391 g/mol. The molecule has 0 fully saturated rings. The van der Waals surface area contributed by atoms with Crippen LogP contribution < -0.4 is 0 Å². The summed E-state index contributed by atoms with van der Waals surface area (Å²) in [5.74, 6) is 0.456. The summed E-state index contributed by atoms with van der Waals surface area (Å²) in [5.41, 5.74) is 4.02. The topological polar surface area (TPSA) is 49.0 Å². The second kappa shape index (κ2) is 6.90. The van der Waals surface area contributed by atoms with Gasteiger partial charge in [0.1, 0.15) is 5.52 Å². The third kappa shape index (κ3) is 3.50. The van der Waals surface area contributed by atoms with E-state index in [1.165, 1.54) is 22.9 Å². The summed E-state index contributed by atoms with van der Waals surface area (Å²) in [4.78, 5) is 22.1. The molecule has 0 saturated heterocycles. The third-order valence-electron chi connectivity index (χ3n) is 4.30. The average Bonchev–Trinajstić information content (AvgIpc) is 3.02. The molecule has 0 aliphatic carbocycles. The lowest BCUT2D eigenvalue weighted by Crippen LogP contribution is -2.37. The molecule has 0 atom stereocenters. The van der Waals surface area contributed by atoms with Gasteiger partial charge in [0.2, 0.25) is 5.91 Å². The van der Waals surface area contributed by atoms with Gasteiger partial charge in [-0.05, 0) is 29.7 Å². The van der Waals surface area contributed by atoms with Crippen molar-refractivity contribution in [3.8, 4) is 0 Å². The molecule has 128 valence electrons. The highest BCUT2D eigenvalue weighted by molar-refractivity contribution is 7.99. The number of carbonyl (C=O) groups excluding carboxylic acids is 1. The smallest absolute Gasteiger partial charge is 0.233 e. The fourth-order valence-corrected chi connectivity index (χ4v) is 4.33. The number of hydrogen-bond acceptors (Lipinski definition) is 3. The standard InChI is InChI=1S/C18H15Cl2N3OS/c19-13-7-14(20)17-15(8-13)21-18(22-17)25-10-16(24)23-6-5-11-3-1-2-4-12(11)9-23/h1-4,7-8H,5-6,9-10H2,(H,21,22). The predicted octanol–water partition coefficient (Wildman–Crippen LogP) is 4.55. The van der Waals surface area contributed by atoms with E-state index in [0.29, 0.717) is 33.0 Å². The number of hydrogen-bond donors (Lipinski definition) is 1. The highest BCUT2D eigenvalue weighted by Crippen LogP contribution is 2.29. The van der Waals surface area contributed by atoms with Crippen LogP contribution in [0.5, 0.6) is 0 Å². The van der Waals surface area contributed by atoms with Crippen molar-refractivity contribution in [2.24, 2.45) is 0 Å². The minimum absolute atomic E-state index is 0.115. The molecule has 1 aliphatic rings. The molecule has 4 rings (SSSR count). The number of nitrogens with one attached hydrogen (secondary N) is 1. The zero-order valence-corrected chi connectivity index (χ0v) is 15.6. The van der Waals surface area contributed by atoms with Crippen molar-refractivity contribution >= 4 is 51.9 Å². The molecule has 3 aromatic rings. The lowest BCUT2D eigenvalue weighted by molar-refractivity contribution is -0.129. The summed E-state index contributed by atoms with van der Waals surface area (Å²) in [7, 11) is 0. The van der Waals surface area contributed by atoms with Crippen molar-refractivity contribution in [3.63, 3.8) is 0 Å². The first-order chi connectivity index (χ1) is 12.1. The number of rotatable bonds is 3. The van der Waals surface area contributed by atoms with Crippen molar-refractivity contribution in [3.05, 3.63) is 57.6 Å². The van der Waals surface area contributed by atoms with Crippen LogP contribution in [0.1, 0.15) is 11.1 Å². The first kappa shape index (κ1) is 16.8. The van der Waals surface area contributed by atoms with Gasteiger partial charge in [-0.1, -0.05) is 59.2 Å². The lowest BCUT2D eigenvalue weighted by Gasteiger charge is -2.28. The number of aromatic nitrogens is 2. The average molecular weight is 392 g/mol. The van der Waals surface area contributed by atoms with Crippen molar-refractivity contribution < 1.29 is 4.79 Å². The molecule has 0 radical (unpaired) electrons. The molecule has 25 heavy (non-hydrogen) atoms. The molecule has 0 saturated carbocycles. The van der Waals surface area contributed by atoms with E-state index in [9.17, 15) is 4.79 Å². The molecule has 0 bridgehead atoms. The number of amides is 1. The van der Waals surface area contributed by atoms with E-state index in [-0.39, 0.29) is 5.91 Å².